The summed E-state index contributed by atoms with van der Waals surface area (Å²) in [6.07, 6.45) is 1.91. The molecule has 0 aliphatic rings. The Morgan fingerprint density at radius 1 is 1.19 bits per heavy atom. The average Bonchev–Trinajstić information content (AvgIpc) is 3.00. The molecule has 2 aromatic carbocycles. The summed E-state index contributed by atoms with van der Waals surface area (Å²) in [7, 11) is 1.65. The Balaban J connectivity index is 2.01. The molecule has 0 unspecified atom stereocenters. The molecule has 0 aliphatic heterocycles. The predicted molar refractivity (Wildman–Crippen MR) is 80.5 cm³/mol. The van der Waals surface area contributed by atoms with Crippen LogP contribution in [0.15, 0.2) is 53.3 Å². The highest BCUT2D eigenvalue weighted by Gasteiger charge is 2.09. The van der Waals surface area contributed by atoms with E-state index in [1.807, 2.05) is 36.4 Å². The van der Waals surface area contributed by atoms with E-state index in [2.05, 4.69) is 16.3 Å². The molecule has 0 radical (unpaired) electrons. The standard InChI is InChI=1S/C16H13ClN2O2/c1-20-15-6-5-11(8-16-19-18-10-21-16)7-14(15)12-3-2-4-13(17)9-12/h2-7,9-10H,8H2,1H3. The SMILES string of the molecule is COc1ccc(Cc2nnco2)cc1-c1cccc(Cl)c1. The summed E-state index contributed by atoms with van der Waals surface area (Å²) >= 11 is 6.07. The second-order valence-electron chi connectivity index (χ2n) is 4.55. The van der Waals surface area contributed by atoms with Gasteiger partial charge in [-0.25, -0.2) is 0 Å². The number of methoxy groups -OCH3 is 1. The van der Waals surface area contributed by atoms with Crippen LogP contribution in [-0.2, 0) is 6.42 Å². The number of benzene rings is 2. The molecule has 0 saturated carbocycles. The lowest BCUT2D eigenvalue weighted by molar-refractivity contribution is 0.416. The zero-order valence-corrected chi connectivity index (χ0v) is 12.2. The number of halogens is 1. The van der Waals surface area contributed by atoms with Gasteiger partial charge in [-0.2, -0.15) is 0 Å². The van der Waals surface area contributed by atoms with E-state index in [9.17, 15) is 0 Å². The van der Waals surface area contributed by atoms with E-state index in [0.29, 0.717) is 17.3 Å². The van der Waals surface area contributed by atoms with Crippen LogP contribution in [0.25, 0.3) is 11.1 Å². The number of hydrogen-bond donors (Lipinski definition) is 0. The van der Waals surface area contributed by atoms with Gasteiger partial charge in [0.05, 0.1) is 13.5 Å². The highest BCUT2D eigenvalue weighted by molar-refractivity contribution is 6.30. The fraction of sp³-hybridized carbons (Fsp3) is 0.125. The maximum Gasteiger partial charge on any atom is 0.220 e. The van der Waals surface area contributed by atoms with Crippen LogP contribution in [0.3, 0.4) is 0 Å². The third kappa shape index (κ3) is 3.06. The van der Waals surface area contributed by atoms with Gasteiger partial charge in [0.1, 0.15) is 5.75 Å². The maximum absolute atomic E-state index is 6.07. The van der Waals surface area contributed by atoms with E-state index < -0.39 is 0 Å². The van der Waals surface area contributed by atoms with Gasteiger partial charge < -0.3 is 9.15 Å². The molecule has 106 valence electrons. The summed E-state index contributed by atoms with van der Waals surface area (Å²) in [5, 5.41) is 8.28. The summed E-state index contributed by atoms with van der Waals surface area (Å²) < 4.78 is 10.6. The summed E-state index contributed by atoms with van der Waals surface area (Å²) in [5.74, 6) is 1.38. The Hall–Kier alpha value is -2.33. The Morgan fingerprint density at radius 2 is 2.10 bits per heavy atom. The molecule has 21 heavy (non-hydrogen) atoms. The predicted octanol–water partition coefficient (Wildman–Crippen LogP) is 3.99. The summed E-state index contributed by atoms with van der Waals surface area (Å²) in [6.45, 7) is 0. The molecular weight excluding hydrogens is 288 g/mol. The number of rotatable bonds is 4. The molecule has 1 heterocycles. The number of aromatic nitrogens is 2. The van der Waals surface area contributed by atoms with Crippen molar-refractivity contribution in [3.8, 4) is 16.9 Å². The molecule has 0 atom stereocenters. The molecule has 3 aromatic rings. The van der Waals surface area contributed by atoms with Gasteiger partial charge in [0.2, 0.25) is 12.3 Å². The Kier molecular flexibility index (Phi) is 3.88. The van der Waals surface area contributed by atoms with E-state index >= 15 is 0 Å². The number of nitrogens with zero attached hydrogens (tertiary/aromatic N) is 2. The van der Waals surface area contributed by atoms with Crippen LogP contribution in [0.1, 0.15) is 11.5 Å². The van der Waals surface area contributed by atoms with Crippen molar-refractivity contribution in [1.29, 1.82) is 0 Å². The van der Waals surface area contributed by atoms with E-state index in [-0.39, 0.29) is 0 Å². The average molecular weight is 301 g/mol. The minimum absolute atomic E-state index is 0.581. The first-order valence-electron chi connectivity index (χ1n) is 6.44. The fourth-order valence-corrected chi connectivity index (χ4v) is 2.38. The van der Waals surface area contributed by atoms with Gasteiger partial charge in [0, 0.05) is 10.6 Å². The van der Waals surface area contributed by atoms with E-state index in [0.717, 1.165) is 22.4 Å². The molecule has 1 aromatic heterocycles. The van der Waals surface area contributed by atoms with Crippen LogP contribution < -0.4 is 4.74 Å². The lowest BCUT2D eigenvalue weighted by atomic mass is 10.0. The zero-order valence-electron chi connectivity index (χ0n) is 11.4. The lowest BCUT2D eigenvalue weighted by Gasteiger charge is -2.11. The van der Waals surface area contributed by atoms with Crippen molar-refractivity contribution in [2.75, 3.05) is 7.11 Å². The van der Waals surface area contributed by atoms with Crippen molar-refractivity contribution in [2.24, 2.45) is 0 Å². The molecule has 0 saturated heterocycles. The van der Waals surface area contributed by atoms with E-state index in [4.69, 9.17) is 20.8 Å². The first kappa shape index (κ1) is 13.6. The summed E-state index contributed by atoms with van der Waals surface area (Å²) in [6, 6.07) is 13.6. The van der Waals surface area contributed by atoms with Crippen molar-refractivity contribution in [3.63, 3.8) is 0 Å². The van der Waals surface area contributed by atoms with Gasteiger partial charge in [-0.15, -0.1) is 10.2 Å². The van der Waals surface area contributed by atoms with Crippen LogP contribution in [0.4, 0.5) is 0 Å². The molecule has 5 heteroatoms. The molecule has 0 fully saturated rings. The second-order valence-corrected chi connectivity index (χ2v) is 4.99. The minimum Gasteiger partial charge on any atom is -0.496 e. The lowest BCUT2D eigenvalue weighted by Crippen LogP contribution is -1.93. The van der Waals surface area contributed by atoms with Crippen LogP contribution >= 0.6 is 11.6 Å². The quantitative estimate of drug-likeness (QED) is 0.731. The second kappa shape index (κ2) is 5.97. The van der Waals surface area contributed by atoms with Crippen LogP contribution in [-0.4, -0.2) is 17.3 Å². The number of ether oxygens (including phenoxy) is 1. The molecular formula is C16H13ClN2O2. The highest BCUT2D eigenvalue weighted by Crippen LogP contribution is 2.32. The Morgan fingerprint density at radius 3 is 2.81 bits per heavy atom. The molecule has 0 aliphatic carbocycles. The first-order valence-corrected chi connectivity index (χ1v) is 6.82. The molecule has 0 spiro atoms. The molecule has 0 bridgehead atoms. The van der Waals surface area contributed by atoms with Gasteiger partial charge >= 0.3 is 0 Å². The monoisotopic (exact) mass is 300 g/mol. The van der Waals surface area contributed by atoms with Gasteiger partial charge in [-0.3, -0.25) is 0 Å². The Bertz CT molecular complexity index is 742. The third-order valence-corrected chi connectivity index (χ3v) is 3.40. The minimum atomic E-state index is 0.581. The van der Waals surface area contributed by atoms with Crippen molar-refractivity contribution in [3.05, 3.63) is 65.3 Å². The summed E-state index contributed by atoms with van der Waals surface area (Å²) in [5.41, 5.74) is 3.05. The third-order valence-electron chi connectivity index (χ3n) is 3.16. The first-order chi connectivity index (χ1) is 10.3. The largest absolute Gasteiger partial charge is 0.496 e. The zero-order chi connectivity index (χ0) is 14.7. The van der Waals surface area contributed by atoms with Gasteiger partial charge in [0.15, 0.2) is 0 Å². The van der Waals surface area contributed by atoms with Crippen molar-refractivity contribution < 1.29 is 9.15 Å². The van der Waals surface area contributed by atoms with Crippen molar-refractivity contribution >= 4 is 11.6 Å². The van der Waals surface area contributed by atoms with Gasteiger partial charge in [-0.1, -0.05) is 29.8 Å². The molecule has 3 rings (SSSR count). The maximum atomic E-state index is 6.07. The smallest absolute Gasteiger partial charge is 0.220 e. The number of hydrogen-bond acceptors (Lipinski definition) is 4. The van der Waals surface area contributed by atoms with Crippen LogP contribution in [0.2, 0.25) is 5.02 Å². The van der Waals surface area contributed by atoms with Crippen molar-refractivity contribution in [1.82, 2.24) is 10.2 Å². The van der Waals surface area contributed by atoms with Crippen LogP contribution in [0, 0.1) is 0 Å². The van der Waals surface area contributed by atoms with E-state index in [1.165, 1.54) is 6.39 Å². The van der Waals surface area contributed by atoms with Gasteiger partial charge in [-0.05, 0) is 35.4 Å². The molecule has 4 nitrogen and oxygen atoms in total. The highest BCUT2D eigenvalue weighted by atomic mass is 35.5. The van der Waals surface area contributed by atoms with E-state index in [1.54, 1.807) is 7.11 Å². The van der Waals surface area contributed by atoms with Gasteiger partial charge in [0.25, 0.3) is 0 Å². The summed E-state index contributed by atoms with van der Waals surface area (Å²) in [4.78, 5) is 0. The fourth-order valence-electron chi connectivity index (χ4n) is 2.19. The molecule has 0 N–H and O–H groups in total. The normalized spacial score (nSPS) is 10.6. The Labute approximate surface area is 127 Å². The van der Waals surface area contributed by atoms with Crippen LogP contribution in [0.5, 0.6) is 5.75 Å². The van der Waals surface area contributed by atoms with Crippen molar-refractivity contribution in [2.45, 2.75) is 6.42 Å². The molecule has 0 amide bonds. The topological polar surface area (TPSA) is 48.2 Å².